The van der Waals surface area contributed by atoms with E-state index in [0.29, 0.717) is 0 Å². The Morgan fingerprint density at radius 2 is 0.977 bits per heavy atom. The first-order chi connectivity index (χ1) is 40.1. The van der Waals surface area contributed by atoms with Gasteiger partial charge in [-0.05, 0) is 95.3 Å². The largest absolute Gasteiger partial charge is 0.460 e. The first-order valence-corrected chi connectivity index (χ1v) is 30.6. The predicted octanol–water partition coefficient (Wildman–Crippen LogP) is 2.17. The molecule has 13 atom stereocenters. The molecule has 0 saturated carbocycles. The van der Waals surface area contributed by atoms with Gasteiger partial charge in [0.1, 0.15) is 66.5 Å². The summed E-state index contributed by atoms with van der Waals surface area (Å²) in [6.45, 7) is 27.5. The highest BCUT2D eigenvalue weighted by Crippen LogP contribution is 2.25. The highest BCUT2D eigenvalue weighted by atomic mass is 16.5. The lowest BCUT2D eigenvalue weighted by Gasteiger charge is -2.41. The van der Waals surface area contributed by atoms with Gasteiger partial charge < -0.3 is 65.4 Å². The van der Waals surface area contributed by atoms with Gasteiger partial charge in [0.05, 0.1) is 12.6 Å². The van der Waals surface area contributed by atoms with Crippen molar-refractivity contribution in [1.82, 2.24) is 55.6 Å². The summed E-state index contributed by atoms with van der Waals surface area (Å²) in [5.74, 6) is -11.5. The Hall–Kier alpha value is -6.66. The zero-order chi connectivity index (χ0) is 67.6. The number of hydrogen-bond acceptors (Lipinski definition) is 14. The fourth-order valence-corrected chi connectivity index (χ4v) is 10.8. The maximum absolute atomic E-state index is 15.1. The molecule has 5 N–H and O–H groups in total. The number of amides is 11. The summed E-state index contributed by atoms with van der Waals surface area (Å²) in [4.78, 5) is 181. The fourth-order valence-electron chi connectivity index (χ4n) is 10.8. The van der Waals surface area contributed by atoms with Crippen LogP contribution >= 0.6 is 0 Å². The number of carbonyl (C=O) groups excluding carboxylic acids is 12. The molecule has 0 aromatic rings. The van der Waals surface area contributed by atoms with E-state index in [-0.39, 0.29) is 49.9 Å². The van der Waals surface area contributed by atoms with Crippen molar-refractivity contribution in [1.29, 1.82) is 0 Å². The van der Waals surface area contributed by atoms with Gasteiger partial charge in [0.25, 0.3) is 0 Å². The van der Waals surface area contributed by atoms with E-state index < -0.39 is 168 Å². The average Bonchev–Trinajstić information content (AvgIpc) is 1.44. The topological polar surface area (TPSA) is 305 Å². The molecule has 1 aliphatic rings. The van der Waals surface area contributed by atoms with Gasteiger partial charge in [-0.25, -0.2) is 0 Å². The van der Waals surface area contributed by atoms with Crippen molar-refractivity contribution in [3.63, 3.8) is 0 Å². The third-order valence-electron chi connectivity index (χ3n) is 16.1. The summed E-state index contributed by atoms with van der Waals surface area (Å²) < 4.78 is 5.44. The summed E-state index contributed by atoms with van der Waals surface area (Å²) in [5.41, 5.74) is 0. The van der Waals surface area contributed by atoms with Gasteiger partial charge >= 0.3 is 5.97 Å². The number of nitrogens with one attached hydrogen (secondary N) is 4. The van der Waals surface area contributed by atoms with E-state index in [2.05, 4.69) is 21.3 Å². The van der Waals surface area contributed by atoms with Crippen molar-refractivity contribution in [2.75, 3.05) is 55.9 Å². The van der Waals surface area contributed by atoms with Crippen molar-refractivity contribution >= 4 is 70.9 Å². The van der Waals surface area contributed by atoms with E-state index in [9.17, 15) is 53.1 Å². The number of nitrogens with zero attached hydrogens (tertiary/aromatic N) is 7. The van der Waals surface area contributed by atoms with Crippen LogP contribution in [0.25, 0.3) is 0 Å². The molecule has 0 bridgehead atoms. The molecule has 0 spiro atoms. The lowest BCUT2D eigenvalue weighted by molar-refractivity contribution is -0.158. The van der Waals surface area contributed by atoms with Gasteiger partial charge in [0, 0.05) is 56.3 Å². The van der Waals surface area contributed by atoms with Gasteiger partial charge in [-0.2, -0.15) is 0 Å². The second-order valence-corrected chi connectivity index (χ2v) is 25.7. The van der Waals surface area contributed by atoms with Crippen LogP contribution in [0.5, 0.6) is 0 Å². The SMILES string of the molecule is C/C=C/C[C@@H](C)[C@@H](O)[C@H]1C(=O)N[C@@H](CC)C(=O)N(C)CC(=O)N(C)[C@@H]([C@@H](C)OC(C)=O)C(=O)N[C@@H](C(C)C)C(=O)N(C)[C@@H](CC(C)C)C(=O)N[C@@H](C)C(=O)N[C@H](C)C(=O)N(C)[C@@H](CC(C)C)C(=O)N(C)[C@@H](CC(C)C)C(=O)N(C)[C@@H](C(C)C)C(=O)N1C. The number of aliphatic hydroxyl groups is 1. The molecule has 1 rings (SSSR count). The molecule has 87 heavy (non-hydrogen) atoms. The van der Waals surface area contributed by atoms with Crippen LogP contribution in [-0.2, 0) is 62.3 Å². The molecular formula is C62H109N11O14. The molecule has 0 aliphatic carbocycles. The van der Waals surface area contributed by atoms with E-state index in [4.69, 9.17) is 4.74 Å². The lowest BCUT2D eigenvalue weighted by atomic mass is 9.91. The summed E-state index contributed by atoms with van der Waals surface area (Å²) in [5, 5.41) is 22.8. The predicted molar refractivity (Wildman–Crippen MR) is 330 cm³/mol. The monoisotopic (exact) mass is 1230 g/mol. The first kappa shape index (κ1) is 78.4. The second-order valence-electron chi connectivity index (χ2n) is 25.7. The Bertz CT molecular complexity index is 2430. The smallest absolute Gasteiger partial charge is 0.302 e. The number of ether oxygens (including phenoxy) is 1. The minimum Gasteiger partial charge on any atom is -0.460 e. The van der Waals surface area contributed by atoms with Crippen LogP contribution in [-0.4, -0.2) is 239 Å². The van der Waals surface area contributed by atoms with Crippen LogP contribution < -0.4 is 21.3 Å². The standard InChI is InChI=1S/C62H109N11O14/c1-25-27-28-38(13)52(76)51-56(80)65-43(26-2)58(82)67(18)32-47(75)71(22)50(41(16)87-42(17)74)55(79)66-48(36(9)10)61(85)68(19)44(29-33(3)4)54(78)63-39(14)53(77)64-40(15)57(81)69(20)45(30-34(5)6)59(83)70(21)46(31-35(7)8)60(84)72(23)49(37(11)12)62(86)73(51)24/h25,27,33-41,43-46,48-52,76H,26,28-32H2,1-24H3,(H,63,78)(H,64,77)(H,65,80)(H,66,79)/b27-25+/t38-,39+,40-,41-,43+,44+,45+,46+,48+,49+,50+,51+,52-/m1/s1. The molecule has 1 aliphatic heterocycles. The molecule has 496 valence electrons. The van der Waals surface area contributed by atoms with Crippen LogP contribution in [0.1, 0.15) is 150 Å². The molecule has 1 heterocycles. The molecule has 0 unspecified atom stereocenters. The van der Waals surface area contributed by atoms with Crippen molar-refractivity contribution in [2.24, 2.45) is 35.5 Å². The van der Waals surface area contributed by atoms with Crippen LogP contribution in [0.2, 0.25) is 0 Å². The quantitative estimate of drug-likeness (QED) is 0.116. The molecule has 1 saturated heterocycles. The van der Waals surface area contributed by atoms with Crippen LogP contribution in [0, 0.1) is 35.5 Å². The van der Waals surface area contributed by atoms with E-state index in [1.807, 2.05) is 41.5 Å². The summed E-state index contributed by atoms with van der Waals surface area (Å²) in [6, 6.07) is -13.3. The highest BCUT2D eigenvalue weighted by molar-refractivity contribution is 5.99. The minimum atomic E-state index is -1.65. The number of esters is 1. The number of carbonyl (C=O) groups is 12. The lowest BCUT2D eigenvalue weighted by Crippen LogP contribution is -2.63. The Kier molecular flexibility index (Phi) is 31.8. The molecule has 0 aromatic heterocycles. The van der Waals surface area contributed by atoms with Crippen LogP contribution in [0.3, 0.4) is 0 Å². The van der Waals surface area contributed by atoms with Crippen molar-refractivity contribution in [2.45, 2.75) is 222 Å². The summed E-state index contributed by atoms with van der Waals surface area (Å²) >= 11 is 0. The Morgan fingerprint density at radius 3 is 1.44 bits per heavy atom. The molecule has 25 nitrogen and oxygen atoms in total. The molecule has 0 aromatic carbocycles. The number of likely N-dealkylation sites (N-methyl/N-ethyl adjacent to an activating group) is 7. The average molecular weight is 1230 g/mol. The van der Waals surface area contributed by atoms with Gasteiger partial charge in [0.15, 0.2) is 0 Å². The van der Waals surface area contributed by atoms with E-state index in [1.165, 1.54) is 84.8 Å². The number of hydrogen-bond donors (Lipinski definition) is 5. The molecule has 25 heteroatoms. The van der Waals surface area contributed by atoms with Crippen LogP contribution in [0.4, 0.5) is 0 Å². The normalized spacial score (nSPS) is 26.8. The number of allylic oxidation sites excluding steroid dienone is 2. The Morgan fingerprint density at radius 1 is 0.529 bits per heavy atom. The van der Waals surface area contributed by atoms with Crippen molar-refractivity contribution in [3.05, 3.63) is 12.2 Å². The summed E-state index contributed by atoms with van der Waals surface area (Å²) in [7, 11) is 9.53. The number of rotatable bonds is 15. The molecule has 0 radical (unpaired) electrons. The van der Waals surface area contributed by atoms with E-state index in [0.717, 1.165) is 26.5 Å². The van der Waals surface area contributed by atoms with Gasteiger partial charge in [-0.15, -0.1) is 0 Å². The zero-order valence-corrected chi connectivity index (χ0v) is 56.7. The molecular weight excluding hydrogens is 1120 g/mol. The molecule has 1 fully saturated rings. The van der Waals surface area contributed by atoms with Crippen LogP contribution in [0.15, 0.2) is 12.2 Å². The molecule has 11 amide bonds. The van der Waals surface area contributed by atoms with Gasteiger partial charge in [-0.3, -0.25) is 57.5 Å². The van der Waals surface area contributed by atoms with Gasteiger partial charge in [-0.1, -0.05) is 95.2 Å². The first-order valence-electron chi connectivity index (χ1n) is 30.6. The minimum absolute atomic E-state index is 0.0365. The van der Waals surface area contributed by atoms with E-state index in [1.54, 1.807) is 60.6 Å². The van der Waals surface area contributed by atoms with Gasteiger partial charge in [0.2, 0.25) is 65.0 Å². The second kappa shape index (κ2) is 35.4. The highest BCUT2D eigenvalue weighted by Gasteiger charge is 2.46. The van der Waals surface area contributed by atoms with Crippen molar-refractivity contribution in [3.8, 4) is 0 Å². The third-order valence-corrected chi connectivity index (χ3v) is 16.1. The maximum atomic E-state index is 15.1. The Labute approximate surface area is 518 Å². The summed E-state index contributed by atoms with van der Waals surface area (Å²) in [6.07, 6.45) is 1.30. The Balaban J connectivity index is 4.38. The fraction of sp³-hybridized carbons (Fsp3) is 0.774. The zero-order valence-electron chi connectivity index (χ0n) is 56.7. The third kappa shape index (κ3) is 21.9. The number of aliphatic hydroxyl groups excluding tert-OH is 1. The van der Waals surface area contributed by atoms with Crippen molar-refractivity contribution < 1.29 is 67.4 Å². The van der Waals surface area contributed by atoms with E-state index >= 15 is 9.59 Å². The maximum Gasteiger partial charge on any atom is 0.302 e.